The molecule has 2 heterocycles. The molecule has 2 atom stereocenters. The maximum Gasteiger partial charge on any atom is 0.326 e. The van der Waals surface area contributed by atoms with Crippen molar-refractivity contribution in [1.29, 1.82) is 0 Å². The van der Waals surface area contributed by atoms with Gasteiger partial charge in [0.15, 0.2) is 11.5 Å². The lowest BCUT2D eigenvalue weighted by atomic mass is 9.87. The van der Waals surface area contributed by atoms with E-state index in [9.17, 15) is 18.8 Å². The summed E-state index contributed by atoms with van der Waals surface area (Å²) >= 11 is 0. The van der Waals surface area contributed by atoms with Crippen LogP contribution in [0.4, 0.5) is 14.9 Å². The molecule has 0 bridgehead atoms. The van der Waals surface area contributed by atoms with Gasteiger partial charge in [0.05, 0.1) is 0 Å². The van der Waals surface area contributed by atoms with E-state index in [1.807, 2.05) is 0 Å². The van der Waals surface area contributed by atoms with E-state index in [1.165, 1.54) is 31.2 Å². The van der Waals surface area contributed by atoms with Gasteiger partial charge in [-0.15, -0.1) is 0 Å². The fourth-order valence-electron chi connectivity index (χ4n) is 3.80. The van der Waals surface area contributed by atoms with Crippen molar-refractivity contribution >= 4 is 23.5 Å². The maximum absolute atomic E-state index is 13.3. The zero-order valence-corrected chi connectivity index (χ0v) is 17.1. The summed E-state index contributed by atoms with van der Waals surface area (Å²) in [7, 11) is 0. The Morgan fingerprint density at radius 1 is 1.16 bits per heavy atom. The standard InChI is InChI=1S/C22H22FN3O5/c1-3-22(14-4-6-15(23)7-5-14)20(28)26(21(29)25-22)13(2)19(27)24-16-8-9-17-18(12-16)31-11-10-30-17/h4-9,12-13H,3,10-11H2,1-2H3,(H,24,27)(H,25,29)/t13-,22+/m0/s1. The van der Waals surface area contributed by atoms with Crippen molar-refractivity contribution in [3.8, 4) is 11.5 Å². The molecule has 0 spiro atoms. The number of urea groups is 1. The molecule has 2 aliphatic heterocycles. The van der Waals surface area contributed by atoms with Crippen LogP contribution in [0.2, 0.25) is 0 Å². The van der Waals surface area contributed by atoms with Crippen LogP contribution in [0, 0.1) is 5.82 Å². The number of imide groups is 1. The quantitative estimate of drug-likeness (QED) is 0.716. The van der Waals surface area contributed by atoms with Crippen LogP contribution in [0.1, 0.15) is 25.8 Å². The van der Waals surface area contributed by atoms with E-state index in [1.54, 1.807) is 25.1 Å². The molecule has 0 aromatic heterocycles. The Hall–Kier alpha value is -3.62. The number of halogens is 1. The van der Waals surface area contributed by atoms with Gasteiger partial charge in [-0.25, -0.2) is 14.1 Å². The van der Waals surface area contributed by atoms with E-state index in [0.717, 1.165) is 4.90 Å². The Labute approximate surface area is 178 Å². The van der Waals surface area contributed by atoms with Crippen molar-refractivity contribution in [1.82, 2.24) is 10.2 Å². The van der Waals surface area contributed by atoms with Crippen LogP contribution in [0.5, 0.6) is 11.5 Å². The number of carbonyl (C=O) groups is 3. The van der Waals surface area contributed by atoms with Crippen LogP contribution in [-0.4, -0.2) is 42.0 Å². The molecule has 8 nitrogen and oxygen atoms in total. The normalized spacial score (nSPS) is 20.9. The van der Waals surface area contributed by atoms with Gasteiger partial charge < -0.3 is 20.1 Å². The van der Waals surface area contributed by atoms with E-state index >= 15 is 0 Å². The second-order valence-corrected chi connectivity index (χ2v) is 7.39. The Bertz CT molecular complexity index is 1040. The van der Waals surface area contributed by atoms with E-state index in [4.69, 9.17) is 9.47 Å². The number of amides is 4. The molecule has 2 aromatic carbocycles. The van der Waals surface area contributed by atoms with Gasteiger partial charge in [0.25, 0.3) is 5.91 Å². The number of nitrogens with zero attached hydrogens (tertiary/aromatic N) is 1. The monoisotopic (exact) mass is 427 g/mol. The third kappa shape index (κ3) is 3.56. The fourth-order valence-corrected chi connectivity index (χ4v) is 3.80. The largest absolute Gasteiger partial charge is 0.486 e. The summed E-state index contributed by atoms with van der Waals surface area (Å²) in [6.07, 6.45) is 0.246. The van der Waals surface area contributed by atoms with Crippen molar-refractivity contribution in [3.05, 3.63) is 53.8 Å². The van der Waals surface area contributed by atoms with Crippen molar-refractivity contribution < 1.29 is 28.2 Å². The summed E-state index contributed by atoms with van der Waals surface area (Å²) < 4.78 is 24.3. The molecule has 0 saturated carbocycles. The number of anilines is 1. The van der Waals surface area contributed by atoms with Crippen molar-refractivity contribution in [2.24, 2.45) is 0 Å². The Kier molecular flexibility index (Phi) is 5.26. The summed E-state index contributed by atoms with van der Waals surface area (Å²) in [6.45, 7) is 4.08. The molecule has 1 saturated heterocycles. The lowest BCUT2D eigenvalue weighted by Crippen LogP contribution is -2.47. The van der Waals surface area contributed by atoms with Crippen molar-refractivity contribution in [3.63, 3.8) is 0 Å². The Morgan fingerprint density at radius 2 is 1.84 bits per heavy atom. The molecule has 2 aliphatic rings. The molecule has 0 radical (unpaired) electrons. The fraction of sp³-hybridized carbons (Fsp3) is 0.318. The average molecular weight is 427 g/mol. The van der Waals surface area contributed by atoms with Crippen LogP contribution < -0.4 is 20.1 Å². The number of ether oxygens (including phenoxy) is 2. The van der Waals surface area contributed by atoms with Crippen LogP contribution in [0.15, 0.2) is 42.5 Å². The zero-order valence-electron chi connectivity index (χ0n) is 17.1. The minimum absolute atomic E-state index is 0.246. The van der Waals surface area contributed by atoms with Gasteiger partial charge in [-0.05, 0) is 43.2 Å². The van der Waals surface area contributed by atoms with Gasteiger partial charge in [-0.3, -0.25) is 9.59 Å². The summed E-state index contributed by atoms with van der Waals surface area (Å²) in [5.41, 5.74) is -0.443. The van der Waals surface area contributed by atoms with Gasteiger partial charge in [-0.2, -0.15) is 0 Å². The molecule has 0 aliphatic carbocycles. The van der Waals surface area contributed by atoms with E-state index in [-0.39, 0.29) is 6.42 Å². The predicted octanol–water partition coefficient (Wildman–Crippen LogP) is 2.78. The number of hydrogen-bond acceptors (Lipinski definition) is 5. The minimum Gasteiger partial charge on any atom is -0.486 e. The number of carbonyl (C=O) groups excluding carboxylic acids is 3. The van der Waals surface area contributed by atoms with Crippen LogP contribution in [0.3, 0.4) is 0 Å². The van der Waals surface area contributed by atoms with Crippen molar-refractivity contribution in [2.45, 2.75) is 31.8 Å². The molecule has 4 amide bonds. The minimum atomic E-state index is -1.35. The van der Waals surface area contributed by atoms with Gasteiger partial charge in [0.1, 0.15) is 30.6 Å². The molecule has 2 N–H and O–H groups in total. The second kappa shape index (κ2) is 7.90. The molecule has 162 valence electrons. The number of rotatable bonds is 5. The number of hydrogen-bond donors (Lipinski definition) is 2. The highest BCUT2D eigenvalue weighted by atomic mass is 19.1. The first-order valence-corrected chi connectivity index (χ1v) is 9.98. The van der Waals surface area contributed by atoms with Crippen LogP contribution in [0.25, 0.3) is 0 Å². The zero-order chi connectivity index (χ0) is 22.2. The van der Waals surface area contributed by atoms with Crippen LogP contribution >= 0.6 is 0 Å². The second-order valence-electron chi connectivity index (χ2n) is 7.39. The Balaban J connectivity index is 1.54. The first-order valence-electron chi connectivity index (χ1n) is 9.98. The van der Waals surface area contributed by atoms with Gasteiger partial charge in [0, 0.05) is 11.8 Å². The first-order chi connectivity index (χ1) is 14.9. The predicted molar refractivity (Wildman–Crippen MR) is 109 cm³/mol. The van der Waals surface area contributed by atoms with E-state index in [0.29, 0.717) is 36.0 Å². The van der Waals surface area contributed by atoms with Gasteiger partial charge in [0.2, 0.25) is 5.91 Å². The smallest absolute Gasteiger partial charge is 0.326 e. The molecule has 1 fully saturated rings. The lowest BCUT2D eigenvalue weighted by Gasteiger charge is -2.27. The maximum atomic E-state index is 13.3. The highest BCUT2D eigenvalue weighted by Gasteiger charge is 2.53. The molecular formula is C22H22FN3O5. The van der Waals surface area contributed by atoms with Crippen molar-refractivity contribution in [2.75, 3.05) is 18.5 Å². The van der Waals surface area contributed by atoms with E-state index < -0.39 is 35.2 Å². The van der Waals surface area contributed by atoms with Gasteiger partial charge >= 0.3 is 6.03 Å². The number of fused-ring (bicyclic) bond motifs is 1. The summed E-state index contributed by atoms with van der Waals surface area (Å²) in [5, 5.41) is 5.40. The number of nitrogens with one attached hydrogen (secondary N) is 2. The molecule has 9 heteroatoms. The third-order valence-corrected chi connectivity index (χ3v) is 5.57. The SMILES string of the molecule is CC[C@]1(c2ccc(F)cc2)NC(=O)N([C@@H](C)C(=O)Nc2ccc3c(c2)OCCO3)C1=O. The third-order valence-electron chi connectivity index (χ3n) is 5.57. The molecular weight excluding hydrogens is 405 g/mol. The summed E-state index contributed by atoms with van der Waals surface area (Å²) in [6, 6.07) is 8.58. The highest BCUT2D eigenvalue weighted by molar-refractivity contribution is 6.11. The van der Waals surface area contributed by atoms with Gasteiger partial charge in [-0.1, -0.05) is 19.1 Å². The highest BCUT2D eigenvalue weighted by Crippen LogP contribution is 2.35. The molecule has 0 unspecified atom stereocenters. The number of benzene rings is 2. The van der Waals surface area contributed by atoms with E-state index in [2.05, 4.69) is 10.6 Å². The summed E-state index contributed by atoms with van der Waals surface area (Å²) in [5.74, 6) is -0.454. The summed E-state index contributed by atoms with van der Waals surface area (Å²) in [4.78, 5) is 39.7. The first kappa shape index (κ1) is 20.6. The molecule has 31 heavy (non-hydrogen) atoms. The molecule has 2 aromatic rings. The lowest BCUT2D eigenvalue weighted by molar-refractivity contribution is -0.136. The van der Waals surface area contributed by atoms with Crippen LogP contribution in [-0.2, 0) is 15.1 Å². The average Bonchev–Trinajstić information content (AvgIpc) is 3.04. The Morgan fingerprint density at radius 3 is 2.52 bits per heavy atom. The molecule has 4 rings (SSSR count). The topological polar surface area (TPSA) is 97.0 Å².